The van der Waals surface area contributed by atoms with Gasteiger partial charge < -0.3 is 15.7 Å². The minimum Gasteiger partial charge on any atom is -0.508 e. The average Bonchev–Trinajstić information content (AvgIpc) is 3.17. The number of hydrogen-bond acceptors (Lipinski definition) is 3. The summed E-state index contributed by atoms with van der Waals surface area (Å²) >= 11 is 0. The molecule has 0 heterocycles. The zero-order valence-electron chi connectivity index (χ0n) is 10.7. The van der Waals surface area contributed by atoms with Crippen molar-refractivity contribution in [3.05, 3.63) is 29.8 Å². The molecular weight excluding hydrogens is 228 g/mol. The maximum absolute atomic E-state index is 12.2. The van der Waals surface area contributed by atoms with Gasteiger partial charge in [-0.2, -0.15) is 0 Å². The fourth-order valence-corrected chi connectivity index (χ4v) is 2.17. The van der Waals surface area contributed by atoms with E-state index in [-0.39, 0.29) is 11.7 Å². The summed E-state index contributed by atoms with van der Waals surface area (Å²) in [5.41, 5.74) is 6.95. The summed E-state index contributed by atoms with van der Waals surface area (Å²) in [6.07, 6.45) is 2.72. The first-order valence-corrected chi connectivity index (χ1v) is 6.45. The molecule has 1 aliphatic carbocycles. The summed E-state index contributed by atoms with van der Waals surface area (Å²) in [7, 11) is 0. The summed E-state index contributed by atoms with van der Waals surface area (Å²) in [5.74, 6) is 0.264. The van der Waals surface area contributed by atoms with Crippen molar-refractivity contribution in [2.45, 2.75) is 38.3 Å². The van der Waals surface area contributed by atoms with Crippen molar-refractivity contribution in [2.24, 2.45) is 5.73 Å². The van der Waals surface area contributed by atoms with Crippen LogP contribution in [0.1, 0.15) is 25.3 Å². The lowest BCUT2D eigenvalue weighted by molar-refractivity contribution is -0.132. The van der Waals surface area contributed by atoms with Crippen molar-refractivity contribution in [3.8, 4) is 5.75 Å². The third-order valence-electron chi connectivity index (χ3n) is 3.32. The first kappa shape index (κ1) is 12.9. The summed E-state index contributed by atoms with van der Waals surface area (Å²) in [6, 6.07) is 6.75. The van der Waals surface area contributed by atoms with E-state index in [4.69, 9.17) is 5.73 Å². The van der Waals surface area contributed by atoms with Crippen molar-refractivity contribution in [2.75, 3.05) is 6.54 Å². The second-order valence-corrected chi connectivity index (χ2v) is 4.83. The molecule has 4 nitrogen and oxygen atoms in total. The van der Waals surface area contributed by atoms with E-state index >= 15 is 0 Å². The van der Waals surface area contributed by atoms with Crippen molar-refractivity contribution < 1.29 is 9.90 Å². The zero-order valence-corrected chi connectivity index (χ0v) is 10.7. The number of rotatable bonds is 5. The van der Waals surface area contributed by atoms with Gasteiger partial charge in [0, 0.05) is 12.6 Å². The molecule has 1 aromatic rings. The molecule has 1 amide bonds. The first-order valence-electron chi connectivity index (χ1n) is 6.45. The normalized spacial score (nSPS) is 16.3. The van der Waals surface area contributed by atoms with Crippen molar-refractivity contribution >= 4 is 5.91 Å². The van der Waals surface area contributed by atoms with Gasteiger partial charge in [0.15, 0.2) is 0 Å². The van der Waals surface area contributed by atoms with Gasteiger partial charge >= 0.3 is 0 Å². The van der Waals surface area contributed by atoms with Gasteiger partial charge in [0.1, 0.15) is 5.75 Å². The lowest BCUT2D eigenvalue weighted by Crippen LogP contribution is -2.45. The number of carbonyl (C=O) groups is 1. The topological polar surface area (TPSA) is 66.6 Å². The standard InChI is InChI=1S/C14H20N2O2/c1-2-16(11-5-6-11)14(18)13(15)9-10-3-7-12(17)8-4-10/h3-4,7-8,11,13,17H,2,5-6,9,15H2,1H3/t13-/m1/s1. The molecule has 3 N–H and O–H groups in total. The Labute approximate surface area is 107 Å². The van der Waals surface area contributed by atoms with E-state index in [1.807, 2.05) is 11.8 Å². The highest BCUT2D eigenvalue weighted by molar-refractivity contribution is 5.82. The molecule has 18 heavy (non-hydrogen) atoms. The smallest absolute Gasteiger partial charge is 0.240 e. The number of nitrogens with zero attached hydrogens (tertiary/aromatic N) is 1. The monoisotopic (exact) mass is 248 g/mol. The maximum Gasteiger partial charge on any atom is 0.240 e. The van der Waals surface area contributed by atoms with Crippen LogP contribution in [-0.2, 0) is 11.2 Å². The minimum absolute atomic E-state index is 0.0353. The van der Waals surface area contributed by atoms with Gasteiger partial charge in [-0.1, -0.05) is 12.1 Å². The SMILES string of the molecule is CCN(C(=O)[C@H](N)Cc1ccc(O)cc1)C1CC1. The molecule has 1 aliphatic rings. The number of amides is 1. The van der Waals surface area contributed by atoms with Crippen LogP contribution in [0, 0.1) is 0 Å². The van der Waals surface area contributed by atoms with Gasteiger partial charge in [-0.05, 0) is 43.9 Å². The molecule has 0 spiro atoms. The van der Waals surface area contributed by atoms with E-state index in [2.05, 4.69) is 0 Å². The number of carbonyl (C=O) groups excluding carboxylic acids is 1. The van der Waals surface area contributed by atoms with E-state index in [0.29, 0.717) is 12.5 Å². The molecule has 1 aromatic carbocycles. The zero-order chi connectivity index (χ0) is 13.1. The van der Waals surface area contributed by atoms with Crippen LogP contribution in [0.3, 0.4) is 0 Å². The first-order chi connectivity index (χ1) is 8.61. The molecule has 0 saturated heterocycles. The Morgan fingerprint density at radius 2 is 2.06 bits per heavy atom. The van der Waals surface area contributed by atoms with E-state index in [9.17, 15) is 9.90 Å². The summed E-state index contributed by atoms with van der Waals surface area (Å²) in [4.78, 5) is 14.1. The summed E-state index contributed by atoms with van der Waals surface area (Å²) < 4.78 is 0. The Bertz CT molecular complexity index is 412. The highest BCUT2D eigenvalue weighted by atomic mass is 16.3. The van der Waals surface area contributed by atoms with Gasteiger partial charge in [0.2, 0.25) is 5.91 Å². The molecule has 1 fully saturated rings. The third kappa shape index (κ3) is 3.01. The van der Waals surface area contributed by atoms with E-state index in [1.54, 1.807) is 24.3 Å². The molecule has 98 valence electrons. The molecule has 0 radical (unpaired) electrons. The molecule has 0 unspecified atom stereocenters. The molecule has 0 bridgehead atoms. The third-order valence-corrected chi connectivity index (χ3v) is 3.32. The second-order valence-electron chi connectivity index (χ2n) is 4.83. The highest BCUT2D eigenvalue weighted by Crippen LogP contribution is 2.27. The molecule has 1 atom stereocenters. The van der Waals surface area contributed by atoms with E-state index in [0.717, 1.165) is 24.9 Å². The van der Waals surface area contributed by atoms with Crippen molar-refractivity contribution in [3.63, 3.8) is 0 Å². The van der Waals surface area contributed by atoms with E-state index < -0.39 is 6.04 Å². The van der Waals surface area contributed by atoms with Gasteiger partial charge in [-0.3, -0.25) is 4.79 Å². The van der Waals surface area contributed by atoms with Gasteiger partial charge in [0.25, 0.3) is 0 Å². The second kappa shape index (κ2) is 5.40. The number of hydrogen-bond donors (Lipinski definition) is 2. The number of phenols is 1. The van der Waals surface area contributed by atoms with Crippen LogP contribution in [0.25, 0.3) is 0 Å². The Kier molecular flexibility index (Phi) is 3.87. The number of nitrogens with two attached hydrogens (primary N) is 1. The molecule has 4 heteroatoms. The number of benzene rings is 1. The lowest BCUT2D eigenvalue weighted by Gasteiger charge is -2.24. The van der Waals surface area contributed by atoms with Crippen molar-refractivity contribution in [1.29, 1.82) is 0 Å². The molecule has 2 rings (SSSR count). The van der Waals surface area contributed by atoms with Crippen LogP contribution in [-0.4, -0.2) is 34.5 Å². The van der Waals surface area contributed by atoms with Crippen LogP contribution in [0.15, 0.2) is 24.3 Å². The van der Waals surface area contributed by atoms with Gasteiger partial charge in [0.05, 0.1) is 6.04 Å². The molecule has 1 saturated carbocycles. The number of phenolic OH excluding ortho intramolecular Hbond substituents is 1. The Morgan fingerprint density at radius 3 is 2.56 bits per heavy atom. The van der Waals surface area contributed by atoms with Crippen molar-refractivity contribution in [1.82, 2.24) is 4.90 Å². The molecular formula is C14H20N2O2. The number of likely N-dealkylation sites (N-methyl/N-ethyl adjacent to an activating group) is 1. The summed E-state index contributed by atoms with van der Waals surface area (Å²) in [5, 5.41) is 9.20. The lowest BCUT2D eigenvalue weighted by atomic mass is 10.1. The molecule has 0 aromatic heterocycles. The number of aromatic hydroxyl groups is 1. The van der Waals surface area contributed by atoms with Crippen LogP contribution >= 0.6 is 0 Å². The van der Waals surface area contributed by atoms with Gasteiger partial charge in [-0.25, -0.2) is 0 Å². The van der Waals surface area contributed by atoms with E-state index in [1.165, 1.54) is 0 Å². The average molecular weight is 248 g/mol. The molecule has 0 aliphatic heterocycles. The van der Waals surface area contributed by atoms with Gasteiger partial charge in [-0.15, -0.1) is 0 Å². The Morgan fingerprint density at radius 1 is 1.44 bits per heavy atom. The largest absolute Gasteiger partial charge is 0.508 e. The Balaban J connectivity index is 1.96. The highest BCUT2D eigenvalue weighted by Gasteiger charge is 2.33. The predicted octanol–water partition coefficient (Wildman–Crippen LogP) is 1.27. The fraction of sp³-hybridized carbons (Fsp3) is 0.500. The van der Waals surface area contributed by atoms with Crippen LogP contribution in [0.4, 0.5) is 0 Å². The maximum atomic E-state index is 12.2. The van der Waals surface area contributed by atoms with Crippen LogP contribution in [0.2, 0.25) is 0 Å². The fourth-order valence-electron chi connectivity index (χ4n) is 2.17. The summed E-state index contributed by atoms with van der Waals surface area (Å²) in [6.45, 7) is 2.72. The van der Waals surface area contributed by atoms with Crippen LogP contribution < -0.4 is 5.73 Å². The predicted molar refractivity (Wildman–Crippen MR) is 70.2 cm³/mol. The minimum atomic E-state index is -0.491. The van der Waals surface area contributed by atoms with Crippen LogP contribution in [0.5, 0.6) is 5.75 Å². The quantitative estimate of drug-likeness (QED) is 0.824. The Hall–Kier alpha value is -1.55.